The Kier molecular flexibility index (Phi) is 6.20. The molecule has 3 heterocycles. The highest BCUT2D eigenvalue weighted by molar-refractivity contribution is 5.98. The van der Waals surface area contributed by atoms with E-state index in [1.54, 1.807) is 19.2 Å². The SMILES string of the molecule is CC(=O)C12CCC(CNC(=O)c3cc(C(=O)NCc4ccc5c(c4)NC(=O)CC5)nc4ccnn34)(CC1)CC2. The molecule has 1 aliphatic heterocycles. The standard InChI is InChI=1S/C29H32N6O4/c1-18(36)29-10-7-28(8-11-29,9-12-29)17-31-27(39)23-15-22(33-24-6-13-32-35(23)24)26(38)30-16-19-2-3-20-4-5-25(37)34-21(20)14-19/h2-3,6,13-15H,4-5,7-12,16-17H2,1H3,(H,30,38)(H,31,39)(H,34,37). The fourth-order valence-electron chi connectivity index (χ4n) is 6.41. The maximum absolute atomic E-state index is 13.3. The van der Waals surface area contributed by atoms with E-state index in [-0.39, 0.29) is 40.6 Å². The first-order valence-corrected chi connectivity index (χ1v) is 13.6. The average molecular weight is 529 g/mol. The minimum absolute atomic E-state index is 0.0106. The largest absolute Gasteiger partial charge is 0.350 e. The Hall–Kier alpha value is -4.08. The molecule has 10 nitrogen and oxygen atoms in total. The van der Waals surface area contributed by atoms with Crippen molar-refractivity contribution in [3.8, 4) is 0 Å². The molecule has 3 fully saturated rings. The molecule has 202 valence electrons. The van der Waals surface area contributed by atoms with Crippen molar-refractivity contribution in [3.63, 3.8) is 0 Å². The molecular formula is C29H32N6O4. The van der Waals surface area contributed by atoms with Gasteiger partial charge in [0, 0.05) is 42.7 Å². The fourth-order valence-corrected chi connectivity index (χ4v) is 6.41. The van der Waals surface area contributed by atoms with Gasteiger partial charge < -0.3 is 16.0 Å². The summed E-state index contributed by atoms with van der Waals surface area (Å²) in [5, 5.41) is 13.1. The van der Waals surface area contributed by atoms with Crippen LogP contribution in [0.5, 0.6) is 0 Å². The minimum atomic E-state index is -0.409. The van der Waals surface area contributed by atoms with Crippen molar-refractivity contribution in [2.75, 3.05) is 11.9 Å². The number of aromatic nitrogens is 3. The number of amides is 3. The number of ketones is 1. The number of nitrogens with zero attached hydrogens (tertiary/aromatic N) is 3. The number of benzene rings is 1. The molecule has 3 saturated carbocycles. The number of hydrogen-bond donors (Lipinski definition) is 3. The van der Waals surface area contributed by atoms with Crippen LogP contribution in [0.1, 0.15) is 84.0 Å². The van der Waals surface area contributed by atoms with Crippen LogP contribution in [0.4, 0.5) is 5.69 Å². The highest BCUT2D eigenvalue weighted by Gasteiger charge is 2.50. The summed E-state index contributed by atoms with van der Waals surface area (Å²) in [7, 11) is 0. The summed E-state index contributed by atoms with van der Waals surface area (Å²) in [6.45, 7) is 2.49. The molecule has 7 rings (SSSR count). The Balaban J connectivity index is 1.14. The Bertz CT molecular complexity index is 1480. The Morgan fingerprint density at radius 3 is 2.49 bits per heavy atom. The molecule has 2 aromatic heterocycles. The molecule has 0 saturated heterocycles. The number of nitrogens with one attached hydrogen (secondary N) is 3. The van der Waals surface area contributed by atoms with Gasteiger partial charge in [0.25, 0.3) is 11.8 Å². The second-order valence-electron chi connectivity index (χ2n) is 11.4. The summed E-state index contributed by atoms with van der Waals surface area (Å²) in [6, 6.07) is 8.89. The predicted octanol–water partition coefficient (Wildman–Crippen LogP) is 3.20. The van der Waals surface area contributed by atoms with Crippen LogP contribution in [0.3, 0.4) is 0 Å². The smallest absolute Gasteiger partial charge is 0.270 e. The van der Waals surface area contributed by atoms with Crippen LogP contribution in [-0.2, 0) is 22.6 Å². The molecule has 10 heteroatoms. The van der Waals surface area contributed by atoms with E-state index in [9.17, 15) is 19.2 Å². The number of rotatable bonds is 7. The highest BCUT2D eigenvalue weighted by Crippen LogP contribution is 2.56. The first-order valence-electron chi connectivity index (χ1n) is 13.6. The van der Waals surface area contributed by atoms with Gasteiger partial charge in [0.1, 0.15) is 17.2 Å². The Morgan fingerprint density at radius 2 is 1.74 bits per heavy atom. The summed E-state index contributed by atoms with van der Waals surface area (Å²) < 4.78 is 1.44. The lowest BCUT2D eigenvalue weighted by Crippen LogP contribution is -2.49. The first kappa shape index (κ1) is 25.2. The molecule has 0 spiro atoms. The maximum atomic E-state index is 13.3. The van der Waals surface area contributed by atoms with E-state index in [4.69, 9.17) is 0 Å². The second kappa shape index (κ2) is 9.59. The summed E-state index contributed by atoms with van der Waals surface area (Å²) in [5.41, 5.74) is 3.33. The van der Waals surface area contributed by atoms with Crippen molar-refractivity contribution in [1.29, 1.82) is 0 Å². The Labute approximate surface area is 225 Å². The number of carbonyl (C=O) groups is 4. The normalized spacial score (nSPS) is 23.7. The lowest BCUT2D eigenvalue weighted by Gasteiger charge is -2.52. The van der Waals surface area contributed by atoms with Crippen molar-refractivity contribution in [2.45, 2.75) is 64.8 Å². The number of anilines is 1. The van der Waals surface area contributed by atoms with Crippen LogP contribution >= 0.6 is 0 Å². The van der Waals surface area contributed by atoms with Gasteiger partial charge in [0.2, 0.25) is 5.91 Å². The van der Waals surface area contributed by atoms with E-state index >= 15 is 0 Å². The number of carbonyl (C=O) groups excluding carboxylic acids is 4. The monoisotopic (exact) mass is 528 g/mol. The van der Waals surface area contributed by atoms with Crippen LogP contribution < -0.4 is 16.0 Å². The van der Waals surface area contributed by atoms with Gasteiger partial charge in [-0.15, -0.1) is 0 Å². The topological polar surface area (TPSA) is 135 Å². The summed E-state index contributed by atoms with van der Waals surface area (Å²) in [5.74, 6) is -0.437. The quantitative estimate of drug-likeness (QED) is 0.431. The zero-order valence-electron chi connectivity index (χ0n) is 22.0. The van der Waals surface area contributed by atoms with E-state index in [1.807, 2.05) is 18.2 Å². The van der Waals surface area contributed by atoms with Gasteiger partial charge in [-0.25, -0.2) is 9.50 Å². The van der Waals surface area contributed by atoms with Crippen molar-refractivity contribution in [2.24, 2.45) is 10.8 Å². The van der Waals surface area contributed by atoms with Gasteiger partial charge in [0.05, 0.1) is 6.20 Å². The summed E-state index contributed by atoms with van der Waals surface area (Å²) >= 11 is 0. The van der Waals surface area contributed by atoms with Crippen molar-refractivity contribution < 1.29 is 19.2 Å². The van der Waals surface area contributed by atoms with Gasteiger partial charge in [-0.3, -0.25) is 19.2 Å². The molecule has 1 aromatic carbocycles. The molecule has 0 atom stereocenters. The average Bonchev–Trinajstić information content (AvgIpc) is 3.44. The number of Topliss-reactive ketones (excluding diaryl/α,β-unsaturated/α-hetero) is 1. The van der Waals surface area contributed by atoms with Gasteiger partial charge >= 0.3 is 0 Å². The molecule has 0 radical (unpaired) electrons. The van der Waals surface area contributed by atoms with Gasteiger partial charge in [-0.1, -0.05) is 12.1 Å². The van der Waals surface area contributed by atoms with Crippen LogP contribution in [0.25, 0.3) is 5.65 Å². The predicted molar refractivity (Wildman–Crippen MR) is 143 cm³/mol. The van der Waals surface area contributed by atoms with Gasteiger partial charge in [-0.05, 0) is 74.5 Å². The molecule has 0 unspecified atom stereocenters. The first-order chi connectivity index (χ1) is 18.8. The van der Waals surface area contributed by atoms with E-state index < -0.39 is 5.91 Å². The lowest BCUT2D eigenvalue weighted by molar-refractivity contribution is -0.135. The third-order valence-electron chi connectivity index (χ3n) is 9.12. The van der Waals surface area contributed by atoms with Crippen molar-refractivity contribution in [1.82, 2.24) is 25.2 Å². The molecule has 3 aromatic rings. The molecule has 4 aliphatic rings. The Morgan fingerprint density at radius 1 is 0.974 bits per heavy atom. The maximum Gasteiger partial charge on any atom is 0.270 e. The number of fused-ring (bicyclic) bond motifs is 5. The van der Waals surface area contributed by atoms with Crippen LogP contribution in [0.2, 0.25) is 0 Å². The van der Waals surface area contributed by atoms with E-state index in [2.05, 4.69) is 26.0 Å². The third-order valence-corrected chi connectivity index (χ3v) is 9.12. The van der Waals surface area contributed by atoms with Gasteiger partial charge in [0.15, 0.2) is 5.65 Å². The molecule has 3 N–H and O–H groups in total. The zero-order chi connectivity index (χ0) is 27.2. The highest BCUT2D eigenvalue weighted by atomic mass is 16.2. The van der Waals surface area contributed by atoms with Gasteiger partial charge in [-0.2, -0.15) is 5.10 Å². The molecule has 2 bridgehead atoms. The van der Waals surface area contributed by atoms with E-state index in [0.717, 1.165) is 55.3 Å². The zero-order valence-corrected chi connectivity index (χ0v) is 22.0. The van der Waals surface area contributed by atoms with E-state index in [1.165, 1.54) is 10.6 Å². The van der Waals surface area contributed by atoms with Crippen LogP contribution in [0.15, 0.2) is 36.5 Å². The molecule has 3 aliphatic carbocycles. The third kappa shape index (κ3) is 4.68. The van der Waals surface area contributed by atoms with E-state index in [0.29, 0.717) is 30.8 Å². The lowest BCUT2D eigenvalue weighted by atomic mass is 9.52. The molecular weight excluding hydrogens is 496 g/mol. The van der Waals surface area contributed by atoms with Crippen LogP contribution in [0, 0.1) is 10.8 Å². The number of aryl methyl sites for hydroxylation is 1. The second-order valence-corrected chi connectivity index (χ2v) is 11.4. The van der Waals surface area contributed by atoms with Crippen LogP contribution in [-0.4, -0.2) is 44.6 Å². The van der Waals surface area contributed by atoms with Crippen molar-refractivity contribution in [3.05, 3.63) is 59.0 Å². The number of hydrogen-bond acceptors (Lipinski definition) is 6. The molecule has 39 heavy (non-hydrogen) atoms. The minimum Gasteiger partial charge on any atom is -0.350 e. The summed E-state index contributed by atoms with van der Waals surface area (Å²) in [6.07, 6.45) is 8.18. The van der Waals surface area contributed by atoms with Crippen molar-refractivity contribution >= 4 is 34.8 Å². The summed E-state index contributed by atoms with van der Waals surface area (Å²) in [4.78, 5) is 54.7. The molecule has 3 amide bonds. The fraction of sp³-hybridized carbons (Fsp3) is 0.448.